The standard InChI is InChI=1S/C11H11F3N2OS/c12-11(13,14)18-8-4-2-1-3-7(8)16-9(17)10(15)5-6-10/h1-4H,5-6,15H2,(H,16,17). The monoisotopic (exact) mass is 276 g/mol. The van der Waals surface area contributed by atoms with E-state index in [0.717, 1.165) is 0 Å². The van der Waals surface area contributed by atoms with Gasteiger partial charge < -0.3 is 11.1 Å². The zero-order valence-corrected chi connectivity index (χ0v) is 10.1. The summed E-state index contributed by atoms with van der Waals surface area (Å²) < 4.78 is 37.0. The van der Waals surface area contributed by atoms with E-state index in [-0.39, 0.29) is 22.3 Å². The van der Waals surface area contributed by atoms with Crippen LogP contribution < -0.4 is 11.1 Å². The fourth-order valence-electron chi connectivity index (χ4n) is 1.39. The number of anilines is 1. The fraction of sp³-hybridized carbons (Fsp3) is 0.364. The first-order valence-electron chi connectivity index (χ1n) is 5.25. The third-order valence-corrected chi connectivity index (χ3v) is 3.41. The van der Waals surface area contributed by atoms with Gasteiger partial charge in [0.25, 0.3) is 0 Å². The first kappa shape index (κ1) is 13.2. The Kier molecular flexibility index (Phi) is 3.29. The summed E-state index contributed by atoms with van der Waals surface area (Å²) >= 11 is -0.255. The third kappa shape index (κ3) is 3.17. The van der Waals surface area contributed by atoms with Crippen molar-refractivity contribution in [2.24, 2.45) is 5.73 Å². The number of para-hydroxylation sites is 1. The molecule has 0 unspecified atom stereocenters. The lowest BCUT2D eigenvalue weighted by Crippen LogP contribution is -2.37. The Morgan fingerprint density at radius 3 is 2.50 bits per heavy atom. The van der Waals surface area contributed by atoms with Gasteiger partial charge in [-0.1, -0.05) is 12.1 Å². The lowest BCUT2D eigenvalue weighted by Gasteiger charge is -2.14. The van der Waals surface area contributed by atoms with Crippen LogP contribution in [-0.4, -0.2) is 17.0 Å². The molecule has 1 aromatic rings. The minimum Gasteiger partial charge on any atom is -0.323 e. The lowest BCUT2D eigenvalue weighted by atomic mass is 10.2. The van der Waals surface area contributed by atoms with E-state index >= 15 is 0 Å². The average Bonchev–Trinajstić information content (AvgIpc) is 2.99. The molecule has 1 aromatic carbocycles. The number of nitrogens with two attached hydrogens (primary N) is 1. The molecule has 0 aliphatic heterocycles. The highest BCUT2D eigenvalue weighted by Crippen LogP contribution is 2.41. The predicted molar refractivity (Wildman–Crippen MR) is 63.1 cm³/mol. The summed E-state index contributed by atoms with van der Waals surface area (Å²) in [5.74, 6) is -0.433. The molecule has 0 atom stereocenters. The van der Waals surface area contributed by atoms with Gasteiger partial charge in [0, 0.05) is 4.90 Å². The maximum atomic E-state index is 12.3. The summed E-state index contributed by atoms with van der Waals surface area (Å²) in [5.41, 5.74) is 0.520. The van der Waals surface area contributed by atoms with E-state index in [1.54, 1.807) is 6.07 Å². The van der Waals surface area contributed by atoms with Crippen molar-refractivity contribution in [3.05, 3.63) is 24.3 Å². The van der Waals surface area contributed by atoms with Gasteiger partial charge in [-0.05, 0) is 36.7 Å². The smallest absolute Gasteiger partial charge is 0.323 e. The number of thioether (sulfide) groups is 1. The SMILES string of the molecule is NC1(C(=O)Nc2ccccc2SC(F)(F)F)CC1. The van der Waals surface area contributed by atoms with E-state index in [2.05, 4.69) is 5.32 Å². The summed E-state index contributed by atoms with van der Waals surface area (Å²) in [5, 5.41) is 2.45. The van der Waals surface area contributed by atoms with E-state index in [1.165, 1.54) is 18.2 Å². The molecule has 0 saturated heterocycles. The second-order valence-electron chi connectivity index (χ2n) is 4.15. The first-order valence-corrected chi connectivity index (χ1v) is 6.07. The largest absolute Gasteiger partial charge is 0.446 e. The van der Waals surface area contributed by atoms with Gasteiger partial charge in [0.05, 0.1) is 11.2 Å². The molecular formula is C11H11F3N2OS. The van der Waals surface area contributed by atoms with Crippen molar-refractivity contribution >= 4 is 23.4 Å². The molecule has 2 rings (SSSR count). The van der Waals surface area contributed by atoms with Crippen LogP contribution in [-0.2, 0) is 4.79 Å². The van der Waals surface area contributed by atoms with Gasteiger partial charge in [-0.15, -0.1) is 0 Å². The van der Waals surface area contributed by atoms with Crippen molar-refractivity contribution in [1.82, 2.24) is 0 Å². The van der Waals surface area contributed by atoms with Crippen LogP contribution in [0.4, 0.5) is 18.9 Å². The summed E-state index contributed by atoms with van der Waals surface area (Å²) in [6.45, 7) is 0. The van der Waals surface area contributed by atoms with Crippen LogP contribution in [0.1, 0.15) is 12.8 Å². The molecule has 3 N–H and O–H groups in total. The number of benzene rings is 1. The summed E-state index contributed by atoms with van der Waals surface area (Å²) in [4.78, 5) is 11.6. The molecule has 1 aliphatic carbocycles. The van der Waals surface area contributed by atoms with Crippen molar-refractivity contribution in [1.29, 1.82) is 0 Å². The normalized spacial score (nSPS) is 17.3. The number of alkyl halides is 3. The van der Waals surface area contributed by atoms with Crippen LogP contribution in [0.15, 0.2) is 29.2 Å². The second-order valence-corrected chi connectivity index (χ2v) is 5.26. The van der Waals surface area contributed by atoms with Crippen molar-refractivity contribution in [2.45, 2.75) is 28.8 Å². The summed E-state index contributed by atoms with van der Waals surface area (Å²) in [6, 6.07) is 5.78. The van der Waals surface area contributed by atoms with Crippen LogP contribution in [0.3, 0.4) is 0 Å². The van der Waals surface area contributed by atoms with Crippen LogP contribution >= 0.6 is 11.8 Å². The Morgan fingerprint density at radius 2 is 1.94 bits per heavy atom. The molecule has 0 aromatic heterocycles. The molecule has 7 heteroatoms. The van der Waals surface area contributed by atoms with Crippen molar-refractivity contribution in [3.8, 4) is 0 Å². The molecule has 0 heterocycles. The molecule has 0 bridgehead atoms. The molecule has 1 saturated carbocycles. The molecule has 3 nitrogen and oxygen atoms in total. The molecule has 98 valence electrons. The highest BCUT2D eigenvalue weighted by molar-refractivity contribution is 8.00. The third-order valence-electron chi connectivity index (χ3n) is 2.60. The second kappa shape index (κ2) is 4.47. The van der Waals surface area contributed by atoms with E-state index in [1.807, 2.05) is 0 Å². The number of hydrogen-bond acceptors (Lipinski definition) is 3. The maximum absolute atomic E-state index is 12.3. The van der Waals surface area contributed by atoms with Gasteiger partial charge >= 0.3 is 5.51 Å². The Balaban J connectivity index is 2.15. The molecular weight excluding hydrogens is 265 g/mol. The minimum atomic E-state index is -4.39. The van der Waals surface area contributed by atoms with Gasteiger partial charge in [-0.3, -0.25) is 4.79 Å². The quantitative estimate of drug-likeness (QED) is 0.835. The van der Waals surface area contributed by atoms with E-state index in [9.17, 15) is 18.0 Å². The lowest BCUT2D eigenvalue weighted by molar-refractivity contribution is -0.118. The summed E-state index contributed by atoms with van der Waals surface area (Å²) in [7, 11) is 0. The molecule has 1 amide bonds. The molecule has 0 radical (unpaired) electrons. The van der Waals surface area contributed by atoms with Crippen molar-refractivity contribution in [3.63, 3.8) is 0 Å². The molecule has 1 fully saturated rings. The molecule has 0 spiro atoms. The van der Waals surface area contributed by atoms with Crippen LogP contribution in [0.5, 0.6) is 0 Å². The Hall–Kier alpha value is -1.21. The topological polar surface area (TPSA) is 55.1 Å². The van der Waals surface area contributed by atoms with Crippen molar-refractivity contribution in [2.75, 3.05) is 5.32 Å². The van der Waals surface area contributed by atoms with Gasteiger partial charge in [0.15, 0.2) is 0 Å². The maximum Gasteiger partial charge on any atom is 0.446 e. The van der Waals surface area contributed by atoms with Gasteiger partial charge in [-0.25, -0.2) is 0 Å². The van der Waals surface area contributed by atoms with E-state index in [0.29, 0.717) is 12.8 Å². The van der Waals surface area contributed by atoms with E-state index in [4.69, 9.17) is 5.73 Å². The Morgan fingerprint density at radius 1 is 1.33 bits per heavy atom. The fourth-order valence-corrected chi connectivity index (χ4v) is 2.02. The zero-order chi connectivity index (χ0) is 13.4. The number of carbonyl (C=O) groups excluding carboxylic acids is 1. The Bertz CT molecular complexity index is 472. The summed E-state index contributed by atoms with van der Waals surface area (Å²) in [6.07, 6.45) is 1.13. The number of rotatable bonds is 3. The predicted octanol–water partition coefficient (Wildman–Crippen LogP) is 2.73. The number of hydrogen-bond donors (Lipinski definition) is 2. The van der Waals surface area contributed by atoms with E-state index < -0.39 is 17.0 Å². The van der Waals surface area contributed by atoms with Gasteiger partial charge in [-0.2, -0.15) is 13.2 Å². The van der Waals surface area contributed by atoms with Crippen LogP contribution in [0.25, 0.3) is 0 Å². The minimum absolute atomic E-state index is 0.0393. The first-order chi connectivity index (χ1) is 8.30. The Labute approximate surface area is 106 Å². The number of amides is 1. The highest BCUT2D eigenvalue weighted by atomic mass is 32.2. The van der Waals surface area contributed by atoms with Gasteiger partial charge in [0.1, 0.15) is 0 Å². The zero-order valence-electron chi connectivity index (χ0n) is 9.25. The van der Waals surface area contributed by atoms with Crippen LogP contribution in [0, 0.1) is 0 Å². The molecule has 1 aliphatic rings. The number of carbonyl (C=O) groups is 1. The van der Waals surface area contributed by atoms with Crippen molar-refractivity contribution < 1.29 is 18.0 Å². The van der Waals surface area contributed by atoms with Gasteiger partial charge in [0.2, 0.25) is 5.91 Å². The highest BCUT2D eigenvalue weighted by Gasteiger charge is 2.46. The average molecular weight is 276 g/mol. The number of nitrogens with one attached hydrogen (secondary N) is 1. The molecule has 18 heavy (non-hydrogen) atoms. The number of halogens is 3. The van der Waals surface area contributed by atoms with Crippen LogP contribution in [0.2, 0.25) is 0 Å².